The van der Waals surface area contributed by atoms with Gasteiger partial charge in [-0.25, -0.2) is 0 Å². The van der Waals surface area contributed by atoms with E-state index in [2.05, 4.69) is 58.5 Å². The van der Waals surface area contributed by atoms with Crippen molar-refractivity contribution in [2.24, 2.45) is 0 Å². The van der Waals surface area contributed by atoms with Gasteiger partial charge in [0.1, 0.15) is 7.28 Å². The molecule has 0 saturated heterocycles. The van der Waals surface area contributed by atoms with Crippen LogP contribution in [0.15, 0.2) is 24.8 Å². The first-order chi connectivity index (χ1) is 9.13. The van der Waals surface area contributed by atoms with Gasteiger partial charge in [0.25, 0.3) is 0 Å². The summed E-state index contributed by atoms with van der Waals surface area (Å²) < 4.78 is 0. The molecule has 1 rings (SSSR count). The van der Waals surface area contributed by atoms with Crippen molar-refractivity contribution in [3.8, 4) is 0 Å². The van der Waals surface area contributed by atoms with E-state index in [9.17, 15) is 0 Å². The van der Waals surface area contributed by atoms with Crippen molar-refractivity contribution in [3.05, 3.63) is 47.0 Å². The van der Waals surface area contributed by atoms with Crippen LogP contribution in [0.4, 0.5) is 0 Å². The van der Waals surface area contributed by atoms with Crippen LogP contribution in [0.5, 0.6) is 0 Å². The van der Waals surface area contributed by atoms with E-state index in [0.29, 0.717) is 0 Å². The molecule has 1 aromatic carbocycles. The van der Waals surface area contributed by atoms with Crippen molar-refractivity contribution >= 4 is 7.28 Å². The van der Waals surface area contributed by atoms with Crippen LogP contribution in [0.2, 0.25) is 6.82 Å². The van der Waals surface area contributed by atoms with Crippen molar-refractivity contribution in [2.45, 2.75) is 40.3 Å². The highest BCUT2D eigenvalue weighted by Gasteiger charge is 2.07. The predicted octanol–water partition coefficient (Wildman–Crippen LogP) is 3.61. The Morgan fingerprint density at radius 1 is 1.21 bits per heavy atom. The van der Waals surface area contributed by atoms with E-state index in [0.717, 1.165) is 32.4 Å². The normalized spacial score (nSPS) is 10.8. The molecular weight excluding hydrogens is 229 g/mol. The molecule has 19 heavy (non-hydrogen) atoms. The maximum atomic E-state index is 3.82. The summed E-state index contributed by atoms with van der Waals surface area (Å²) in [7, 11) is 2.23. The van der Waals surface area contributed by atoms with Gasteiger partial charge >= 0.3 is 0 Å². The van der Waals surface area contributed by atoms with Crippen LogP contribution in [0.1, 0.15) is 29.2 Å². The molecule has 1 radical (unpaired) electrons. The third-order valence-corrected chi connectivity index (χ3v) is 3.97. The highest BCUT2D eigenvalue weighted by atomic mass is 15.1. The molecule has 0 heterocycles. The van der Waals surface area contributed by atoms with Gasteiger partial charge in [0.2, 0.25) is 0 Å². The van der Waals surface area contributed by atoms with Gasteiger partial charge in [-0.2, -0.15) is 0 Å². The van der Waals surface area contributed by atoms with Crippen LogP contribution < -0.4 is 0 Å². The Morgan fingerprint density at radius 2 is 1.84 bits per heavy atom. The van der Waals surface area contributed by atoms with E-state index in [4.69, 9.17) is 0 Å². The van der Waals surface area contributed by atoms with Gasteiger partial charge in [0, 0.05) is 13.1 Å². The number of nitrogens with zero attached hydrogens (tertiary/aromatic N) is 1. The molecule has 103 valence electrons. The summed E-state index contributed by atoms with van der Waals surface area (Å²) in [4.78, 5) is 2.43. The summed E-state index contributed by atoms with van der Waals surface area (Å²) in [6.07, 6.45) is 4.19. The Kier molecular flexibility index (Phi) is 6.94. The lowest BCUT2D eigenvalue weighted by molar-refractivity contribution is 0.323. The molecule has 0 N–H and O–H groups in total. The summed E-state index contributed by atoms with van der Waals surface area (Å²) in [6, 6.07) is 4.60. The number of likely N-dealkylation sites (N-methyl/N-ethyl adjacent to an activating group) is 1. The summed E-state index contributed by atoms with van der Waals surface area (Å²) in [5.41, 5.74) is 5.87. The standard InChI is InChI=1S/C17H27BN/c1-6-11-19(7-2)12-10-16-8-9-17(13-18-5)15(4)14(16)3/h6,8-9H,1,7,10-13H2,2-5H3. The average molecular weight is 256 g/mol. The van der Waals surface area contributed by atoms with Crippen molar-refractivity contribution < 1.29 is 0 Å². The second kappa shape index (κ2) is 8.21. The highest BCUT2D eigenvalue weighted by Crippen LogP contribution is 2.19. The molecule has 0 aliphatic carbocycles. The maximum Gasteiger partial charge on any atom is 0.111 e. The van der Waals surface area contributed by atoms with E-state index in [1.807, 2.05) is 6.08 Å². The van der Waals surface area contributed by atoms with E-state index in [1.165, 1.54) is 22.3 Å². The highest BCUT2D eigenvalue weighted by molar-refractivity contribution is 6.32. The molecule has 0 unspecified atom stereocenters. The quantitative estimate of drug-likeness (QED) is 0.507. The molecule has 0 saturated carbocycles. The van der Waals surface area contributed by atoms with E-state index >= 15 is 0 Å². The molecular formula is C17H27BN. The van der Waals surface area contributed by atoms with Crippen LogP contribution in [-0.2, 0) is 12.7 Å². The monoisotopic (exact) mass is 256 g/mol. The lowest BCUT2D eigenvalue weighted by atomic mass is 9.73. The third kappa shape index (κ3) is 4.54. The van der Waals surface area contributed by atoms with Crippen LogP contribution in [0.3, 0.4) is 0 Å². The zero-order valence-electron chi connectivity index (χ0n) is 13.0. The number of rotatable bonds is 8. The van der Waals surface area contributed by atoms with Gasteiger partial charge in [-0.1, -0.05) is 43.8 Å². The fourth-order valence-electron chi connectivity index (χ4n) is 2.48. The zero-order chi connectivity index (χ0) is 14.3. The minimum Gasteiger partial charge on any atom is -0.300 e. The van der Waals surface area contributed by atoms with E-state index < -0.39 is 0 Å². The smallest absolute Gasteiger partial charge is 0.111 e. The van der Waals surface area contributed by atoms with Gasteiger partial charge in [0.15, 0.2) is 0 Å². The van der Waals surface area contributed by atoms with Crippen molar-refractivity contribution in [2.75, 3.05) is 19.6 Å². The average Bonchev–Trinajstić information content (AvgIpc) is 2.42. The molecule has 1 nitrogen and oxygen atoms in total. The molecule has 0 spiro atoms. The molecule has 1 aromatic rings. The zero-order valence-corrected chi connectivity index (χ0v) is 13.0. The molecule has 0 aromatic heterocycles. The van der Waals surface area contributed by atoms with E-state index in [-0.39, 0.29) is 0 Å². The first-order valence-corrected chi connectivity index (χ1v) is 7.33. The van der Waals surface area contributed by atoms with Gasteiger partial charge < -0.3 is 0 Å². The number of benzene rings is 1. The minimum atomic E-state index is 0.984. The molecule has 0 aliphatic rings. The van der Waals surface area contributed by atoms with Gasteiger partial charge in [0.05, 0.1) is 0 Å². The van der Waals surface area contributed by atoms with Gasteiger partial charge in [-0.05, 0) is 43.5 Å². The topological polar surface area (TPSA) is 3.24 Å². The molecule has 0 fully saturated rings. The summed E-state index contributed by atoms with van der Waals surface area (Å²) in [5.74, 6) is 0. The summed E-state index contributed by atoms with van der Waals surface area (Å²) in [6.45, 7) is 15.8. The Bertz CT molecular complexity index is 412. The second-order valence-corrected chi connectivity index (χ2v) is 5.18. The Labute approximate surface area is 120 Å². The van der Waals surface area contributed by atoms with Gasteiger partial charge in [-0.15, -0.1) is 6.58 Å². The first-order valence-electron chi connectivity index (χ1n) is 7.33. The Balaban J connectivity index is 2.74. The van der Waals surface area contributed by atoms with Crippen LogP contribution in [0, 0.1) is 13.8 Å². The Hall–Kier alpha value is -1.02. The molecule has 0 amide bonds. The van der Waals surface area contributed by atoms with Crippen LogP contribution in [0.25, 0.3) is 0 Å². The van der Waals surface area contributed by atoms with Crippen molar-refractivity contribution in [1.82, 2.24) is 4.90 Å². The van der Waals surface area contributed by atoms with Crippen LogP contribution >= 0.6 is 0 Å². The number of hydrogen-bond acceptors (Lipinski definition) is 1. The predicted molar refractivity (Wildman–Crippen MR) is 87.3 cm³/mol. The Morgan fingerprint density at radius 3 is 2.42 bits per heavy atom. The largest absolute Gasteiger partial charge is 0.300 e. The maximum absolute atomic E-state index is 3.82. The van der Waals surface area contributed by atoms with E-state index in [1.54, 1.807) is 0 Å². The third-order valence-electron chi connectivity index (χ3n) is 3.97. The van der Waals surface area contributed by atoms with Gasteiger partial charge in [-0.3, -0.25) is 4.90 Å². The molecule has 2 heteroatoms. The van der Waals surface area contributed by atoms with Crippen LogP contribution in [-0.4, -0.2) is 31.8 Å². The second-order valence-electron chi connectivity index (χ2n) is 5.18. The lowest BCUT2D eigenvalue weighted by Crippen LogP contribution is -2.26. The SMILES string of the molecule is C=CCN(CC)CCc1ccc(C[B]C)c(C)c1C. The number of hydrogen-bond donors (Lipinski definition) is 0. The molecule has 0 atom stereocenters. The summed E-state index contributed by atoms with van der Waals surface area (Å²) in [5, 5.41) is 0. The summed E-state index contributed by atoms with van der Waals surface area (Å²) >= 11 is 0. The first kappa shape index (κ1) is 16.0. The molecule has 0 aliphatic heterocycles. The minimum absolute atomic E-state index is 0.984. The lowest BCUT2D eigenvalue weighted by Gasteiger charge is -2.20. The van der Waals surface area contributed by atoms with Crippen molar-refractivity contribution in [3.63, 3.8) is 0 Å². The van der Waals surface area contributed by atoms with Crippen molar-refractivity contribution in [1.29, 1.82) is 0 Å². The fourth-order valence-corrected chi connectivity index (χ4v) is 2.48. The molecule has 0 bridgehead atoms. The fraction of sp³-hybridized carbons (Fsp3) is 0.529.